The van der Waals surface area contributed by atoms with Crippen LogP contribution in [0.1, 0.15) is 29.8 Å². The van der Waals surface area contributed by atoms with Gasteiger partial charge in [-0.3, -0.25) is 4.79 Å². The van der Waals surface area contributed by atoms with Gasteiger partial charge >= 0.3 is 0 Å². The number of rotatable bonds is 5. The van der Waals surface area contributed by atoms with Crippen molar-refractivity contribution in [1.82, 2.24) is 18.8 Å². The van der Waals surface area contributed by atoms with Gasteiger partial charge in [0.2, 0.25) is 10.0 Å². The largest absolute Gasteiger partial charge is 0.368 e. The molecule has 2 aliphatic rings. The molecule has 1 amide bonds. The fourth-order valence-electron chi connectivity index (χ4n) is 4.60. The van der Waals surface area contributed by atoms with Crippen molar-refractivity contribution in [2.24, 2.45) is 0 Å². The smallest absolute Gasteiger partial charge is 0.274 e. The molecule has 5 rings (SSSR count). The van der Waals surface area contributed by atoms with E-state index in [1.807, 2.05) is 0 Å². The third kappa shape index (κ3) is 4.94. The Hall–Kier alpha value is -3.24. The summed E-state index contributed by atoms with van der Waals surface area (Å²) in [6.07, 6.45) is 6.09. The van der Waals surface area contributed by atoms with Gasteiger partial charge in [0.1, 0.15) is 17.8 Å². The lowest BCUT2D eigenvalue weighted by Gasteiger charge is -2.35. The quantitative estimate of drug-likeness (QED) is 0.541. The summed E-state index contributed by atoms with van der Waals surface area (Å²) in [5.41, 5.74) is 2.01. The molecule has 184 valence electrons. The third-order valence-corrected chi connectivity index (χ3v) is 8.56. The third-order valence-electron chi connectivity index (χ3n) is 6.65. The summed E-state index contributed by atoms with van der Waals surface area (Å²) in [6.45, 7) is 3.54. The second kappa shape index (κ2) is 9.79. The van der Waals surface area contributed by atoms with Gasteiger partial charge in [-0.05, 0) is 61.4 Å². The lowest BCUT2D eigenvalue weighted by atomic mass is 10.2. The zero-order chi connectivity index (χ0) is 24.4. The summed E-state index contributed by atoms with van der Waals surface area (Å²) in [7, 11) is -3.49. The number of hydrogen-bond donors (Lipinski definition) is 0. The molecule has 0 aliphatic carbocycles. The number of halogens is 1. The molecular weight excluding hydrogens is 469 g/mol. The fourth-order valence-corrected chi connectivity index (χ4v) is 6.12. The summed E-state index contributed by atoms with van der Waals surface area (Å²) in [6, 6.07) is 13.0. The van der Waals surface area contributed by atoms with Crippen molar-refractivity contribution in [2.45, 2.75) is 24.2 Å². The van der Waals surface area contributed by atoms with Gasteiger partial charge in [-0.25, -0.2) is 17.8 Å². The summed E-state index contributed by atoms with van der Waals surface area (Å²) in [5, 5.41) is 0. The highest BCUT2D eigenvalue weighted by Crippen LogP contribution is 2.22. The molecule has 2 aliphatic heterocycles. The van der Waals surface area contributed by atoms with Crippen LogP contribution in [-0.4, -0.2) is 72.3 Å². The second-order valence-corrected chi connectivity index (χ2v) is 10.8. The van der Waals surface area contributed by atoms with Crippen LogP contribution in [0.5, 0.6) is 0 Å². The minimum Gasteiger partial charge on any atom is -0.368 e. The van der Waals surface area contributed by atoms with Crippen molar-refractivity contribution in [3.63, 3.8) is 0 Å². The van der Waals surface area contributed by atoms with Gasteiger partial charge in [0.25, 0.3) is 5.91 Å². The topological polar surface area (TPSA) is 78.8 Å². The van der Waals surface area contributed by atoms with E-state index >= 15 is 0 Å². The average molecular weight is 498 g/mol. The molecule has 0 saturated carbocycles. The standard InChI is InChI=1S/C25H28FN5O3S/c26-20-4-6-21(7-5-20)28-14-16-29(17-15-28)25(32)24-18-30(19-27-24)22-8-10-23(11-9-22)35(33,34)31-12-2-1-3-13-31/h4-11,18-19H,1-3,12-17H2. The van der Waals surface area contributed by atoms with E-state index in [4.69, 9.17) is 0 Å². The van der Waals surface area contributed by atoms with Gasteiger partial charge in [0.15, 0.2) is 0 Å². The molecule has 2 aromatic carbocycles. The van der Waals surface area contributed by atoms with Crippen LogP contribution in [0.2, 0.25) is 0 Å². The molecule has 0 unspecified atom stereocenters. The Bertz CT molecular complexity index is 1280. The molecule has 1 aromatic heterocycles. The van der Waals surface area contributed by atoms with Crippen LogP contribution in [0, 0.1) is 5.82 Å². The van der Waals surface area contributed by atoms with E-state index in [0.717, 1.165) is 30.6 Å². The Morgan fingerprint density at radius 1 is 0.800 bits per heavy atom. The molecule has 0 spiro atoms. The van der Waals surface area contributed by atoms with Crippen LogP contribution in [0.3, 0.4) is 0 Å². The van der Waals surface area contributed by atoms with E-state index in [-0.39, 0.29) is 16.6 Å². The highest BCUT2D eigenvalue weighted by atomic mass is 32.2. The zero-order valence-electron chi connectivity index (χ0n) is 19.4. The maximum absolute atomic E-state index is 13.2. The van der Waals surface area contributed by atoms with Crippen LogP contribution in [0.4, 0.5) is 10.1 Å². The summed E-state index contributed by atoms with van der Waals surface area (Å²) < 4.78 is 42.2. The molecule has 10 heteroatoms. The highest BCUT2D eigenvalue weighted by molar-refractivity contribution is 7.89. The predicted molar refractivity (Wildman–Crippen MR) is 131 cm³/mol. The number of imidazole rings is 1. The summed E-state index contributed by atoms with van der Waals surface area (Å²) in [5.74, 6) is -0.414. The molecule has 0 N–H and O–H groups in total. The Morgan fingerprint density at radius 3 is 2.09 bits per heavy atom. The Kier molecular flexibility index (Phi) is 6.57. The van der Waals surface area contributed by atoms with Crippen LogP contribution in [0.25, 0.3) is 5.69 Å². The molecule has 0 radical (unpaired) electrons. The first-order chi connectivity index (χ1) is 16.9. The average Bonchev–Trinajstić information content (AvgIpc) is 3.40. The molecular formula is C25H28FN5O3S. The van der Waals surface area contributed by atoms with Gasteiger partial charge in [0, 0.05) is 56.8 Å². The van der Waals surface area contributed by atoms with E-state index in [1.165, 1.54) is 12.1 Å². The van der Waals surface area contributed by atoms with Gasteiger partial charge < -0.3 is 14.4 Å². The van der Waals surface area contributed by atoms with E-state index in [2.05, 4.69) is 9.88 Å². The highest BCUT2D eigenvalue weighted by Gasteiger charge is 2.26. The van der Waals surface area contributed by atoms with Crippen LogP contribution in [-0.2, 0) is 10.0 Å². The number of carbonyl (C=O) groups is 1. The van der Waals surface area contributed by atoms with Crippen LogP contribution in [0.15, 0.2) is 66.0 Å². The number of nitrogens with zero attached hydrogens (tertiary/aromatic N) is 5. The number of aromatic nitrogens is 2. The van der Waals surface area contributed by atoms with E-state index in [9.17, 15) is 17.6 Å². The van der Waals surface area contributed by atoms with E-state index in [1.54, 1.807) is 62.7 Å². The van der Waals surface area contributed by atoms with Crippen molar-refractivity contribution in [1.29, 1.82) is 0 Å². The van der Waals surface area contributed by atoms with Gasteiger partial charge in [-0.2, -0.15) is 4.31 Å². The van der Waals surface area contributed by atoms with Gasteiger partial charge in [0.05, 0.1) is 4.90 Å². The monoisotopic (exact) mass is 497 g/mol. The van der Waals surface area contributed by atoms with Gasteiger partial charge in [-0.1, -0.05) is 6.42 Å². The first kappa shape index (κ1) is 23.5. The number of anilines is 1. The molecule has 3 aromatic rings. The second-order valence-electron chi connectivity index (χ2n) is 8.88. The Balaban J connectivity index is 1.23. The SMILES string of the molecule is O=C(c1cn(-c2ccc(S(=O)(=O)N3CCCCC3)cc2)cn1)N1CCN(c2ccc(F)cc2)CC1. The van der Waals surface area contributed by atoms with E-state index < -0.39 is 10.0 Å². The lowest BCUT2D eigenvalue weighted by Crippen LogP contribution is -2.48. The normalized spacial score (nSPS) is 17.5. The lowest BCUT2D eigenvalue weighted by molar-refractivity contribution is 0.0741. The Morgan fingerprint density at radius 2 is 1.43 bits per heavy atom. The number of piperidine rings is 1. The van der Waals surface area contributed by atoms with Crippen molar-refractivity contribution >= 4 is 21.6 Å². The number of hydrogen-bond acceptors (Lipinski definition) is 5. The van der Waals surface area contributed by atoms with Crippen molar-refractivity contribution < 1.29 is 17.6 Å². The Labute approximate surface area is 204 Å². The van der Waals surface area contributed by atoms with Crippen LogP contribution >= 0.6 is 0 Å². The minimum absolute atomic E-state index is 0.146. The summed E-state index contributed by atoms with van der Waals surface area (Å²) >= 11 is 0. The van der Waals surface area contributed by atoms with Crippen molar-refractivity contribution in [3.05, 3.63) is 72.6 Å². The van der Waals surface area contributed by atoms with E-state index in [0.29, 0.717) is 45.0 Å². The first-order valence-electron chi connectivity index (χ1n) is 11.9. The molecule has 0 atom stereocenters. The number of carbonyl (C=O) groups excluding carboxylic acids is 1. The molecule has 2 saturated heterocycles. The zero-order valence-corrected chi connectivity index (χ0v) is 20.2. The molecule has 3 heterocycles. The van der Waals surface area contributed by atoms with Crippen LogP contribution < -0.4 is 4.90 Å². The number of benzene rings is 2. The first-order valence-corrected chi connectivity index (χ1v) is 13.3. The predicted octanol–water partition coefficient (Wildman–Crippen LogP) is 3.15. The summed E-state index contributed by atoms with van der Waals surface area (Å²) in [4.78, 5) is 21.4. The fraction of sp³-hybridized carbons (Fsp3) is 0.360. The number of piperazine rings is 1. The molecule has 2 fully saturated rings. The van der Waals surface area contributed by atoms with Crippen molar-refractivity contribution in [2.75, 3.05) is 44.2 Å². The molecule has 8 nitrogen and oxygen atoms in total. The number of amides is 1. The molecule has 0 bridgehead atoms. The maximum atomic E-state index is 13.2. The minimum atomic E-state index is -3.49. The van der Waals surface area contributed by atoms with Crippen molar-refractivity contribution in [3.8, 4) is 5.69 Å². The van der Waals surface area contributed by atoms with Gasteiger partial charge in [-0.15, -0.1) is 0 Å². The maximum Gasteiger partial charge on any atom is 0.274 e. The number of sulfonamides is 1. The molecule has 35 heavy (non-hydrogen) atoms.